The molecule has 0 aliphatic carbocycles. The molecule has 3 aliphatic rings. The van der Waals surface area contributed by atoms with Gasteiger partial charge in [0.2, 0.25) is 0 Å². The van der Waals surface area contributed by atoms with Gasteiger partial charge in [-0.3, -0.25) is 4.98 Å². The van der Waals surface area contributed by atoms with Crippen molar-refractivity contribution >= 4 is 10.9 Å². The van der Waals surface area contributed by atoms with E-state index in [1.54, 1.807) is 18.2 Å². The molecule has 24 heavy (non-hydrogen) atoms. The van der Waals surface area contributed by atoms with Crippen LogP contribution in [0.3, 0.4) is 0 Å². The third-order valence-corrected chi connectivity index (χ3v) is 5.99. The number of aromatic nitrogens is 1. The molecule has 2 aromatic rings. The molecule has 3 saturated heterocycles. The van der Waals surface area contributed by atoms with Gasteiger partial charge in [-0.05, 0) is 35.7 Å². The molecule has 1 aromatic heterocycles. The Morgan fingerprint density at radius 1 is 1.38 bits per heavy atom. The summed E-state index contributed by atoms with van der Waals surface area (Å²) in [7, 11) is 1.67. The van der Waals surface area contributed by atoms with Crippen molar-refractivity contribution in [2.24, 2.45) is 17.8 Å². The first-order chi connectivity index (χ1) is 11.7. The van der Waals surface area contributed by atoms with Crippen LogP contribution in [0.5, 0.6) is 5.75 Å². The van der Waals surface area contributed by atoms with Crippen molar-refractivity contribution in [2.45, 2.75) is 12.5 Å². The van der Waals surface area contributed by atoms with Gasteiger partial charge in [0.05, 0.1) is 38.4 Å². The van der Waals surface area contributed by atoms with Gasteiger partial charge in [-0.2, -0.15) is 0 Å². The number of hydrogen-bond acceptors (Lipinski definition) is 3. The van der Waals surface area contributed by atoms with Crippen LogP contribution in [0.15, 0.2) is 43.1 Å². The summed E-state index contributed by atoms with van der Waals surface area (Å²) < 4.78 is 5.36. The predicted octanol–water partition coefficient (Wildman–Crippen LogP) is 1.61. The van der Waals surface area contributed by atoms with Gasteiger partial charge in [-0.15, -0.1) is 6.58 Å². The summed E-state index contributed by atoms with van der Waals surface area (Å²) in [5, 5.41) is 12.2. The average molecular weight is 325 g/mol. The Labute approximate surface area is 142 Å². The summed E-state index contributed by atoms with van der Waals surface area (Å²) in [6.07, 6.45) is 4.61. The third kappa shape index (κ3) is 2.50. The Kier molecular flexibility index (Phi) is 4.02. The Morgan fingerprint density at radius 2 is 2.25 bits per heavy atom. The van der Waals surface area contributed by atoms with Crippen LogP contribution in [0.4, 0.5) is 0 Å². The molecule has 126 valence electrons. The molecular formula is C20H25N2O2+. The van der Waals surface area contributed by atoms with Crippen LogP contribution in [0.2, 0.25) is 0 Å². The zero-order valence-corrected chi connectivity index (χ0v) is 14.1. The maximum atomic E-state index is 11.2. The topological polar surface area (TPSA) is 46.8 Å². The first-order valence-electron chi connectivity index (χ1n) is 8.78. The average Bonchev–Trinajstić information content (AvgIpc) is 2.66. The van der Waals surface area contributed by atoms with Gasteiger partial charge in [0.25, 0.3) is 0 Å². The lowest BCUT2D eigenvalue weighted by Gasteiger charge is -2.47. The molecular weight excluding hydrogens is 300 g/mol. The molecule has 3 aliphatic heterocycles. The number of methoxy groups -OCH3 is 1. The highest BCUT2D eigenvalue weighted by Crippen LogP contribution is 2.39. The summed E-state index contributed by atoms with van der Waals surface area (Å²) >= 11 is 0. The molecule has 5 rings (SSSR count). The predicted molar refractivity (Wildman–Crippen MR) is 94.1 cm³/mol. The number of nitrogens with one attached hydrogen (secondary N) is 1. The maximum absolute atomic E-state index is 11.2. The highest BCUT2D eigenvalue weighted by atomic mass is 16.5. The molecule has 4 heteroatoms. The lowest BCUT2D eigenvalue weighted by Crippen LogP contribution is -3.17. The molecule has 2 N–H and O–H groups in total. The van der Waals surface area contributed by atoms with Crippen molar-refractivity contribution in [3.63, 3.8) is 0 Å². The number of benzene rings is 1. The number of rotatable bonds is 4. The standard InChI is InChI=1S/C20H24N2O2/c1-3-13-11-22-9-7-15(13)18(12-22)20(23)16-6-8-21-19-5-4-14(24-2)10-17(16)19/h3-6,8,10,13,15,18,20,23H,1,7,9,11-12H2,2H3/p+1/t13-,15+,18-,20-/m1/s1. The van der Waals surface area contributed by atoms with Crippen molar-refractivity contribution < 1.29 is 14.7 Å². The number of aliphatic hydroxyl groups excluding tert-OH is 1. The quantitative estimate of drug-likeness (QED) is 0.840. The fourth-order valence-electron chi connectivity index (χ4n) is 4.74. The summed E-state index contributed by atoms with van der Waals surface area (Å²) in [6, 6.07) is 7.82. The smallest absolute Gasteiger partial charge is 0.119 e. The van der Waals surface area contributed by atoms with Crippen LogP contribution in [0, 0.1) is 17.8 Å². The summed E-state index contributed by atoms with van der Waals surface area (Å²) in [5.74, 6) is 2.13. The number of fused-ring (bicyclic) bond motifs is 4. The van der Waals surface area contributed by atoms with Crippen molar-refractivity contribution in [3.8, 4) is 5.75 Å². The van der Waals surface area contributed by atoms with Crippen molar-refractivity contribution in [3.05, 3.63) is 48.7 Å². The molecule has 3 fully saturated rings. The molecule has 1 aromatic carbocycles. The van der Waals surface area contributed by atoms with Gasteiger partial charge < -0.3 is 14.7 Å². The van der Waals surface area contributed by atoms with Crippen LogP contribution in [0.1, 0.15) is 18.1 Å². The molecule has 0 spiro atoms. The van der Waals surface area contributed by atoms with Gasteiger partial charge in [-0.25, -0.2) is 0 Å². The van der Waals surface area contributed by atoms with E-state index in [0.717, 1.165) is 28.8 Å². The molecule has 0 saturated carbocycles. The van der Waals surface area contributed by atoms with Crippen LogP contribution in [-0.2, 0) is 0 Å². The first kappa shape index (κ1) is 15.6. The van der Waals surface area contributed by atoms with E-state index in [1.807, 2.05) is 24.3 Å². The van der Waals surface area contributed by atoms with Crippen molar-refractivity contribution in [1.29, 1.82) is 0 Å². The zero-order valence-electron chi connectivity index (χ0n) is 14.1. The number of aliphatic hydroxyl groups is 1. The first-order valence-corrected chi connectivity index (χ1v) is 8.78. The lowest BCUT2D eigenvalue weighted by atomic mass is 9.69. The molecule has 1 unspecified atom stereocenters. The van der Waals surface area contributed by atoms with Crippen LogP contribution >= 0.6 is 0 Å². The highest BCUT2D eigenvalue weighted by molar-refractivity contribution is 5.83. The molecule has 0 radical (unpaired) electrons. The minimum absolute atomic E-state index is 0.280. The summed E-state index contributed by atoms with van der Waals surface area (Å²) in [4.78, 5) is 6.04. The molecule has 4 nitrogen and oxygen atoms in total. The van der Waals surface area contributed by atoms with Crippen molar-refractivity contribution in [1.82, 2.24) is 4.98 Å². The van der Waals surface area contributed by atoms with E-state index in [2.05, 4.69) is 17.6 Å². The molecule has 2 bridgehead atoms. The SMILES string of the molecule is C=C[C@@H]1C[NH+]2CC[C@@H]1[C@H]([C@H](O)c1ccnc3ccc(OC)cc13)C2. The summed E-state index contributed by atoms with van der Waals surface area (Å²) in [5.41, 5.74) is 1.88. The molecule has 0 amide bonds. The molecule has 5 atom stereocenters. The van der Waals surface area contributed by atoms with Gasteiger partial charge in [0.1, 0.15) is 5.75 Å². The van der Waals surface area contributed by atoms with Gasteiger partial charge in [0.15, 0.2) is 0 Å². The maximum Gasteiger partial charge on any atom is 0.119 e. The summed E-state index contributed by atoms with van der Waals surface area (Å²) in [6.45, 7) is 7.46. The fraction of sp³-hybridized carbons (Fsp3) is 0.450. The van der Waals surface area contributed by atoms with Gasteiger partial charge in [-0.1, -0.05) is 6.08 Å². The van der Waals surface area contributed by atoms with E-state index in [-0.39, 0.29) is 5.92 Å². The highest BCUT2D eigenvalue weighted by Gasteiger charge is 2.46. The number of ether oxygens (including phenoxy) is 1. The normalized spacial score (nSPS) is 30.2. The van der Waals surface area contributed by atoms with E-state index in [4.69, 9.17) is 4.74 Å². The second-order valence-electron chi connectivity index (χ2n) is 7.15. The number of hydrogen-bond donors (Lipinski definition) is 2. The second-order valence-corrected chi connectivity index (χ2v) is 7.15. The van der Waals surface area contributed by atoms with Gasteiger partial charge >= 0.3 is 0 Å². The number of nitrogens with zero attached hydrogens (tertiary/aromatic N) is 1. The minimum Gasteiger partial charge on any atom is -0.497 e. The van der Waals surface area contributed by atoms with E-state index in [1.165, 1.54) is 19.5 Å². The Hall–Kier alpha value is -1.91. The second kappa shape index (κ2) is 6.19. The van der Waals surface area contributed by atoms with E-state index in [0.29, 0.717) is 11.8 Å². The van der Waals surface area contributed by atoms with Crippen LogP contribution in [0.25, 0.3) is 10.9 Å². The lowest BCUT2D eigenvalue weighted by molar-refractivity contribution is -0.925. The monoisotopic (exact) mass is 325 g/mol. The fourth-order valence-corrected chi connectivity index (χ4v) is 4.74. The number of quaternary nitrogens is 1. The number of piperidine rings is 3. The number of pyridine rings is 1. The Balaban J connectivity index is 1.73. The van der Waals surface area contributed by atoms with Gasteiger partial charge in [0, 0.05) is 29.8 Å². The molecule has 4 heterocycles. The Bertz CT molecular complexity index is 760. The van der Waals surface area contributed by atoms with E-state index in [9.17, 15) is 5.11 Å². The zero-order chi connectivity index (χ0) is 16.7. The largest absolute Gasteiger partial charge is 0.497 e. The van der Waals surface area contributed by atoms with Crippen molar-refractivity contribution in [2.75, 3.05) is 26.7 Å². The third-order valence-electron chi connectivity index (χ3n) is 5.99. The van der Waals surface area contributed by atoms with Crippen LogP contribution in [-0.4, -0.2) is 36.8 Å². The van der Waals surface area contributed by atoms with E-state index >= 15 is 0 Å². The van der Waals surface area contributed by atoms with Crippen LogP contribution < -0.4 is 9.64 Å². The van der Waals surface area contributed by atoms with E-state index < -0.39 is 6.10 Å². The minimum atomic E-state index is -0.467. The Morgan fingerprint density at radius 3 is 3.00 bits per heavy atom.